The SMILES string of the molecule is Cc1cc(Oc2cc(Br)ccc2C#N)cc(C)c1Br. The van der Waals surface area contributed by atoms with Crippen LogP contribution in [0.1, 0.15) is 16.7 Å². The third-order valence-corrected chi connectivity index (χ3v) is 4.45. The molecule has 2 aromatic rings. The van der Waals surface area contributed by atoms with Crippen LogP contribution >= 0.6 is 31.9 Å². The average Bonchev–Trinajstić information content (AvgIpc) is 2.36. The van der Waals surface area contributed by atoms with Gasteiger partial charge in [-0.05, 0) is 55.3 Å². The van der Waals surface area contributed by atoms with E-state index in [1.807, 2.05) is 32.0 Å². The maximum Gasteiger partial charge on any atom is 0.146 e. The molecule has 4 heteroatoms. The third kappa shape index (κ3) is 3.17. The first-order valence-electron chi connectivity index (χ1n) is 5.65. The Labute approximate surface area is 129 Å². The van der Waals surface area contributed by atoms with Gasteiger partial charge in [0.25, 0.3) is 0 Å². The number of hydrogen-bond donors (Lipinski definition) is 0. The summed E-state index contributed by atoms with van der Waals surface area (Å²) < 4.78 is 7.78. The molecular formula is C15H11Br2NO. The fraction of sp³-hybridized carbons (Fsp3) is 0.133. The van der Waals surface area contributed by atoms with Crippen molar-refractivity contribution in [2.24, 2.45) is 0 Å². The molecule has 0 N–H and O–H groups in total. The van der Waals surface area contributed by atoms with Crippen LogP contribution in [0.25, 0.3) is 0 Å². The number of rotatable bonds is 2. The van der Waals surface area contributed by atoms with E-state index in [9.17, 15) is 0 Å². The minimum Gasteiger partial charge on any atom is -0.456 e. The molecule has 0 bridgehead atoms. The molecule has 0 aliphatic heterocycles. The second-order valence-corrected chi connectivity index (χ2v) is 5.93. The molecule has 19 heavy (non-hydrogen) atoms. The lowest BCUT2D eigenvalue weighted by Crippen LogP contribution is -1.91. The van der Waals surface area contributed by atoms with Crippen LogP contribution < -0.4 is 4.74 Å². The third-order valence-electron chi connectivity index (χ3n) is 2.70. The van der Waals surface area contributed by atoms with Gasteiger partial charge in [-0.3, -0.25) is 0 Å². The fourth-order valence-electron chi connectivity index (χ4n) is 1.77. The van der Waals surface area contributed by atoms with Crippen molar-refractivity contribution in [3.05, 3.63) is 56.0 Å². The van der Waals surface area contributed by atoms with Crippen LogP contribution in [-0.4, -0.2) is 0 Å². The summed E-state index contributed by atoms with van der Waals surface area (Å²) in [4.78, 5) is 0. The lowest BCUT2D eigenvalue weighted by molar-refractivity contribution is 0.480. The van der Waals surface area contributed by atoms with Gasteiger partial charge in [0.15, 0.2) is 0 Å². The summed E-state index contributed by atoms with van der Waals surface area (Å²) in [7, 11) is 0. The molecule has 0 radical (unpaired) electrons. The maximum absolute atomic E-state index is 9.09. The molecule has 0 amide bonds. The highest BCUT2D eigenvalue weighted by Gasteiger charge is 2.08. The zero-order valence-corrected chi connectivity index (χ0v) is 13.7. The smallest absolute Gasteiger partial charge is 0.146 e. The lowest BCUT2D eigenvalue weighted by atomic mass is 10.1. The molecule has 2 nitrogen and oxygen atoms in total. The van der Waals surface area contributed by atoms with Crippen molar-refractivity contribution in [1.29, 1.82) is 5.26 Å². The Morgan fingerprint density at radius 2 is 1.68 bits per heavy atom. The summed E-state index contributed by atoms with van der Waals surface area (Å²) in [6.07, 6.45) is 0. The summed E-state index contributed by atoms with van der Waals surface area (Å²) in [5.74, 6) is 1.28. The van der Waals surface area contributed by atoms with Gasteiger partial charge in [-0.1, -0.05) is 31.9 Å². The fourth-order valence-corrected chi connectivity index (χ4v) is 2.33. The van der Waals surface area contributed by atoms with Gasteiger partial charge in [0.2, 0.25) is 0 Å². The molecule has 0 aliphatic carbocycles. The molecule has 0 aliphatic rings. The van der Waals surface area contributed by atoms with Crippen molar-refractivity contribution >= 4 is 31.9 Å². The number of benzene rings is 2. The van der Waals surface area contributed by atoms with E-state index in [0.717, 1.165) is 25.8 Å². The van der Waals surface area contributed by atoms with E-state index in [2.05, 4.69) is 37.9 Å². The first-order chi connectivity index (χ1) is 9.01. The molecule has 0 saturated heterocycles. The Morgan fingerprint density at radius 3 is 2.26 bits per heavy atom. The number of ether oxygens (including phenoxy) is 1. The summed E-state index contributed by atoms with van der Waals surface area (Å²) in [6.45, 7) is 4.02. The molecule has 0 heterocycles. The predicted octanol–water partition coefficient (Wildman–Crippen LogP) is 5.49. The molecule has 0 spiro atoms. The molecule has 0 atom stereocenters. The Morgan fingerprint density at radius 1 is 1.05 bits per heavy atom. The standard InChI is InChI=1S/C15H11Br2NO/c1-9-5-13(6-10(2)15(9)17)19-14-7-12(16)4-3-11(14)8-18/h3-7H,1-2H3. The normalized spacial score (nSPS) is 10.1. The van der Waals surface area contributed by atoms with Crippen LogP contribution in [0.2, 0.25) is 0 Å². The number of nitriles is 1. The van der Waals surface area contributed by atoms with Gasteiger partial charge in [0.1, 0.15) is 17.6 Å². The molecule has 0 saturated carbocycles. The summed E-state index contributed by atoms with van der Waals surface area (Å²) in [5, 5.41) is 9.09. The second kappa shape index (κ2) is 5.77. The number of hydrogen-bond acceptors (Lipinski definition) is 2. The zero-order valence-electron chi connectivity index (χ0n) is 10.5. The number of aryl methyl sites for hydroxylation is 2. The topological polar surface area (TPSA) is 33.0 Å². The highest BCUT2D eigenvalue weighted by molar-refractivity contribution is 9.10. The Bertz CT molecular complexity index is 651. The Kier molecular flexibility index (Phi) is 4.28. The Hall–Kier alpha value is -1.31. The van der Waals surface area contributed by atoms with Crippen LogP contribution in [0.15, 0.2) is 39.3 Å². The molecule has 0 aromatic heterocycles. The monoisotopic (exact) mass is 379 g/mol. The highest BCUT2D eigenvalue weighted by Crippen LogP contribution is 2.32. The zero-order chi connectivity index (χ0) is 14.0. The van der Waals surface area contributed by atoms with Crippen LogP contribution in [0.3, 0.4) is 0 Å². The van der Waals surface area contributed by atoms with E-state index >= 15 is 0 Å². The van der Waals surface area contributed by atoms with E-state index in [1.54, 1.807) is 12.1 Å². The van der Waals surface area contributed by atoms with Gasteiger partial charge in [0, 0.05) is 8.95 Å². The molecule has 2 rings (SSSR count). The van der Waals surface area contributed by atoms with Gasteiger partial charge >= 0.3 is 0 Å². The van der Waals surface area contributed by atoms with E-state index in [-0.39, 0.29) is 0 Å². The summed E-state index contributed by atoms with van der Waals surface area (Å²) >= 11 is 6.91. The number of nitrogens with zero attached hydrogens (tertiary/aromatic N) is 1. The van der Waals surface area contributed by atoms with Gasteiger partial charge < -0.3 is 4.74 Å². The van der Waals surface area contributed by atoms with E-state index in [0.29, 0.717) is 11.3 Å². The van der Waals surface area contributed by atoms with Crippen molar-refractivity contribution in [2.45, 2.75) is 13.8 Å². The summed E-state index contributed by atoms with van der Waals surface area (Å²) in [6, 6.07) is 11.4. The van der Waals surface area contributed by atoms with Crippen LogP contribution in [-0.2, 0) is 0 Å². The largest absolute Gasteiger partial charge is 0.456 e. The Balaban J connectivity index is 2.42. The molecule has 0 fully saturated rings. The first-order valence-corrected chi connectivity index (χ1v) is 7.24. The minimum absolute atomic E-state index is 0.515. The first kappa shape index (κ1) is 14.1. The van der Waals surface area contributed by atoms with Crippen LogP contribution in [0.5, 0.6) is 11.5 Å². The van der Waals surface area contributed by atoms with Crippen molar-refractivity contribution in [3.63, 3.8) is 0 Å². The van der Waals surface area contributed by atoms with Gasteiger partial charge in [-0.15, -0.1) is 0 Å². The lowest BCUT2D eigenvalue weighted by Gasteiger charge is -2.11. The van der Waals surface area contributed by atoms with E-state index in [4.69, 9.17) is 10.00 Å². The van der Waals surface area contributed by atoms with Crippen molar-refractivity contribution in [1.82, 2.24) is 0 Å². The maximum atomic E-state index is 9.09. The second-order valence-electron chi connectivity index (χ2n) is 4.23. The quantitative estimate of drug-likeness (QED) is 0.689. The number of halogens is 2. The molecular weight excluding hydrogens is 370 g/mol. The molecule has 0 unspecified atom stereocenters. The van der Waals surface area contributed by atoms with Gasteiger partial charge in [-0.2, -0.15) is 5.26 Å². The van der Waals surface area contributed by atoms with Gasteiger partial charge in [-0.25, -0.2) is 0 Å². The predicted molar refractivity (Wildman–Crippen MR) is 82.5 cm³/mol. The van der Waals surface area contributed by atoms with Crippen LogP contribution in [0, 0.1) is 25.2 Å². The highest BCUT2D eigenvalue weighted by atomic mass is 79.9. The van der Waals surface area contributed by atoms with Crippen molar-refractivity contribution in [3.8, 4) is 17.6 Å². The average molecular weight is 381 g/mol. The van der Waals surface area contributed by atoms with E-state index in [1.165, 1.54) is 0 Å². The van der Waals surface area contributed by atoms with Gasteiger partial charge in [0.05, 0.1) is 5.56 Å². The molecule has 2 aromatic carbocycles. The minimum atomic E-state index is 0.515. The van der Waals surface area contributed by atoms with E-state index < -0.39 is 0 Å². The molecule has 96 valence electrons. The summed E-state index contributed by atoms with van der Waals surface area (Å²) in [5.41, 5.74) is 2.72. The van der Waals surface area contributed by atoms with Crippen molar-refractivity contribution in [2.75, 3.05) is 0 Å². The van der Waals surface area contributed by atoms with Crippen LogP contribution in [0.4, 0.5) is 0 Å². The van der Waals surface area contributed by atoms with Crippen molar-refractivity contribution < 1.29 is 4.74 Å².